The summed E-state index contributed by atoms with van der Waals surface area (Å²) in [7, 11) is 0. The minimum atomic E-state index is -0.695. The van der Waals surface area contributed by atoms with Crippen LogP contribution in [0, 0.1) is 11.6 Å². The van der Waals surface area contributed by atoms with Crippen LogP contribution in [-0.4, -0.2) is 44.2 Å². The van der Waals surface area contributed by atoms with Gasteiger partial charge in [0.2, 0.25) is 0 Å². The molecule has 0 spiro atoms. The third kappa shape index (κ3) is 10.2. The number of nitrogens with one attached hydrogen (secondary N) is 2. The second-order valence-corrected chi connectivity index (χ2v) is 5.80. The second-order valence-electron chi connectivity index (χ2n) is 4.81. The largest absolute Gasteiger partial charge is 0.489 e. The molecule has 0 aromatic heterocycles. The molecule has 0 aliphatic heterocycles. The van der Waals surface area contributed by atoms with Crippen LogP contribution in [0.5, 0.6) is 5.75 Å². The van der Waals surface area contributed by atoms with Crippen molar-refractivity contribution in [2.75, 3.05) is 38.2 Å². The zero-order chi connectivity index (χ0) is 16.9. The van der Waals surface area contributed by atoms with E-state index in [0.717, 1.165) is 43.7 Å². The summed E-state index contributed by atoms with van der Waals surface area (Å²) in [5.74, 6) is 0.610. The van der Waals surface area contributed by atoms with Crippen LogP contribution in [0.2, 0.25) is 0 Å². The molecule has 0 amide bonds. The predicted molar refractivity (Wildman–Crippen MR) is 109 cm³/mol. The Kier molecular flexibility index (Phi) is 14.1. The Bertz CT molecular complexity index is 492. The summed E-state index contributed by atoms with van der Waals surface area (Å²) in [6.45, 7) is 4.27. The van der Waals surface area contributed by atoms with Crippen molar-refractivity contribution in [3.63, 3.8) is 0 Å². The highest BCUT2D eigenvalue weighted by atomic mass is 127. The molecule has 24 heavy (non-hydrogen) atoms. The van der Waals surface area contributed by atoms with E-state index in [1.54, 1.807) is 0 Å². The van der Waals surface area contributed by atoms with E-state index in [9.17, 15) is 8.78 Å². The topological polar surface area (TPSA) is 45.7 Å². The lowest BCUT2D eigenvalue weighted by Crippen LogP contribution is -2.39. The molecule has 0 aliphatic rings. The van der Waals surface area contributed by atoms with Gasteiger partial charge in [0.15, 0.2) is 17.5 Å². The van der Waals surface area contributed by atoms with Gasteiger partial charge in [-0.2, -0.15) is 11.8 Å². The van der Waals surface area contributed by atoms with Crippen molar-refractivity contribution in [2.45, 2.75) is 19.8 Å². The maximum atomic E-state index is 13.4. The first-order chi connectivity index (χ1) is 11.2. The van der Waals surface area contributed by atoms with Crippen molar-refractivity contribution in [1.29, 1.82) is 0 Å². The highest BCUT2D eigenvalue weighted by Crippen LogP contribution is 2.17. The number of thioether (sulfide) groups is 1. The minimum absolute atomic E-state index is 0. The molecule has 8 heteroatoms. The summed E-state index contributed by atoms with van der Waals surface area (Å²) in [5, 5.41) is 6.27. The standard InChI is InChI=1S/C16H25F2N3OS.HI/c1-3-19-16(20-8-4-5-11-23-2)21-9-10-22-15-7-6-13(17)12-14(15)18;/h6-7,12H,3-5,8-11H2,1-2H3,(H2,19,20,21);1H. The number of hydrogen-bond acceptors (Lipinski definition) is 3. The van der Waals surface area contributed by atoms with E-state index in [-0.39, 0.29) is 36.3 Å². The lowest BCUT2D eigenvalue weighted by Gasteiger charge is -2.12. The molecule has 0 saturated carbocycles. The number of hydrogen-bond donors (Lipinski definition) is 2. The summed E-state index contributed by atoms with van der Waals surface area (Å²) in [6.07, 6.45) is 4.30. The van der Waals surface area contributed by atoms with E-state index in [1.807, 2.05) is 18.7 Å². The van der Waals surface area contributed by atoms with Gasteiger partial charge in [0, 0.05) is 19.2 Å². The van der Waals surface area contributed by atoms with E-state index in [1.165, 1.54) is 12.1 Å². The molecule has 0 atom stereocenters. The molecule has 1 aromatic carbocycles. The number of rotatable bonds is 10. The lowest BCUT2D eigenvalue weighted by molar-refractivity contribution is 0.304. The van der Waals surface area contributed by atoms with Crippen LogP contribution in [0.25, 0.3) is 0 Å². The Hall–Kier alpha value is -0.770. The van der Waals surface area contributed by atoms with Crippen molar-refractivity contribution in [1.82, 2.24) is 10.6 Å². The third-order valence-electron chi connectivity index (χ3n) is 2.92. The molecule has 1 rings (SSSR count). The molecule has 1 aromatic rings. The number of nitrogens with zero attached hydrogens (tertiary/aromatic N) is 1. The maximum Gasteiger partial charge on any atom is 0.191 e. The van der Waals surface area contributed by atoms with Crippen molar-refractivity contribution >= 4 is 41.7 Å². The van der Waals surface area contributed by atoms with E-state index in [4.69, 9.17) is 4.74 Å². The number of aliphatic imine (C=N–C) groups is 1. The lowest BCUT2D eigenvalue weighted by atomic mass is 10.3. The Balaban J connectivity index is 0.00000529. The molecule has 0 aliphatic carbocycles. The molecule has 0 saturated heterocycles. The van der Waals surface area contributed by atoms with Crippen LogP contribution < -0.4 is 15.4 Å². The monoisotopic (exact) mass is 473 g/mol. The van der Waals surface area contributed by atoms with Gasteiger partial charge in [0.05, 0.1) is 6.54 Å². The second kappa shape index (κ2) is 14.6. The minimum Gasteiger partial charge on any atom is -0.489 e. The van der Waals surface area contributed by atoms with E-state index >= 15 is 0 Å². The molecule has 0 bridgehead atoms. The average molecular weight is 473 g/mol. The summed E-state index contributed by atoms with van der Waals surface area (Å²) >= 11 is 1.84. The zero-order valence-corrected chi connectivity index (χ0v) is 17.3. The Morgan fingerprint density at radius 2 is 2.04 bits per heavy atom. The first-order valence-corrected chi connectivity index (χ1v) is 9.15. The molecule has 0 radical (unpaired) electrons. The number of halogens is 3. The predicted octanol–water partition coefficient (Wildman–Crippen LogP) is 3.66. The van der Waals surface area contributed by atoms with Crippen LogP contribution >= 0.6 is 35.7 Å². The number of ether oxygens (including phenoxy) is 1. The van der Waals surface area contributed by atoms with Gasteiger partial charge >= 0.3 is 0 Å². The fourth-order valence-corrected chi connectivity index (χ4v) is 2.31. The van der Waals surface area contributed by atoms with Crippen LogP contribution in [0.3, 0.4) is 0 Å². The first kappa shape index (κ1) is 23.2. The van der Waals surface area contributed by atoms with Crippen LogP contribution in [0.15, 0.2) is 23.2 Å². The van der Waals surface area contributed by atoms with Crippen LogP contribution in [0.1, 0.15) is 19.8 Å². The van der Waals surface area contributed by atoms with Gasteiger partial charge in [-0.25, -0.2) is 8.78 Å². The average Bonchev–Trinajstić information content (AvgIpc) is 2.52. The van der Waals surface area contributed by atoms with Gasteiger partial charge in [-0.1, -0.05) is 0 Å². The van der Waals surface area contributed by atoms with Gasteiger partial charge in [-0.05, 0) is 43.9 Å². The van der Waals surface area contributed by atoms with E-state index < -0.39 is 11.6 Å². The van der Waals surface area contributed by atoms with Crippen molar-refractivity contribution in [3.8, 4) is 5.75 Å². The van der Waals surface area contributed by atoms with Crippen LogP contribution in [-0.2, 0) is 0 Å². The summed E-state index contributed by atoms with van der Waals surface area (Å²) in [5.41, 5.74) is 0. The summed E-state index contributed by atoms with van der Waals surface area (Å²) < 4.78 is 31.5. The Morgan fingerprint density at radius 3 is 2.71 bits per heavy atom. The number of guanidine groups is 1. The smallest absolute Gasteiger partial charge is 0.191 e. The van der Waals surface area contributed by atoms with Gasteiger partial charge in [0.25, 0.3) is 0 Å². The quantitative estimate of drug-likeness (QED) is 0.236. The number of benzene rings is 1. The van der Waals surface area contributed by atoms with E-state index in [0.29, 0.717) is 6.54 Å². The molecule has 4 nitrogen and oxygen atoms in total. The molecule has 0 unspecified atom stereocenters. The molecule has 0 fully saturated rings. The number of unbranched alkanes of at least 4 members (excludes halogenated alkanes) is 1. The van der Waals surface area contributed by atoms with Crippen LogP contribution in [0.4, 0.5) is 8.78 Å². The third-order valence-corrected chi connectivity index (χ3v) is 3.61. The molecular weight excluding hydrogens is 447 g/mol. The molecule has 2 N–H and O–H groups in total. The normalized spacial score (nSPS) is 10.9. The molecule has 0 heterocycles. The zero-order valence-electron chi connectivity index (χ0n) is 14.1. The Morgan fingerprint density at radius 1 is 1.25 bits per heavy atom. The van der Waals surface area contributed by atoms with Crippen molar-refractivity contribution in [3.05, 3.63) is 29.8 Å². The summed E-state index contributed by atoms with van der Waals surface area (Å²) in [6, 6.07) is 3.27. The van der Waals surface area contributed by atoms with E-state index in [2.05, 4.69) is 21.9 Å². The molecular formula is C16H26F2IN3OS. The highest BCUT2D eigenvalue weighted by Gasteiger charge is 2.04. The Labute approximate surface area is 164 Å². The summed E-state index contributed by atoms with van der Waals surface area (Å²) in [4.78, 5) is 4.46. The SMILES string of the molecule is CCNC(=NCCCCSC)NCCOc1ccc(F)cc1F.I. The molecule has 138 valence electrons. The van der Waals surface area contributed by atoms with Gasteiger partial charge in [-0.15, -0.1) is 24.0 Å². The first-order valence-electron chi connectivity index (χ1n) is 7.76. The van der Waals surface area contributed by atoms with Gasteiger partial charge in [-0.3, -0.25) is 4.99 Å². The van der Waals surface area contributed by atoms with Gasteiger partial charge < -0.3 is 15.4 Å². The fraction of sp³-hybridized carbons (Fsp3) is 0.562. The maximum absolute atomic E-state index is 13.4. The van der Waals surface area contributed by atoms with Gasteiger partial charge in [0.1, 0.15) is 12.4 Å². The van der Waals surface area contributed by atoms with Crippen molar-refractivity contribution in [2.24, 2.45) is 4.99 Å². The highest BCUT2D eigenvalue weighted by molar-refractivity contribution is 14.0. The fourth-order valence-electron chi connectivity index (χ4n) is 1.81. The van der Waals surface area contributed by atoms with Crippen molar-refractivity contribution < 1.29 is 13.5 Å².